The van der Waals surface area contributed by atoms with Crippen LogP contribution in [-0.4, -0.2) is 16.5 Å². The SMILES string of the molecule is O=C(N/N=C(/C=C/c1ccccc1)c1ccccc1)c1ccc([N+](=O)[O-])cc1. The van der Waals surface area contributed by atoms with Crippen molar-refractivity contribution >= 4 is 23.4 Å². The Morgan fingerprint density at radius 2 is 1.46 bits per heavy atom. The molecule has 0 bridgehead atoms. The third-order valence-corrected chi connectivity index (χ3v) is 3.92. The summed E-state index contributed by atoms with van der Waals surface area (Å²) in [4.78, 5) is 22.5. The Balaban J connectivity index is 1.81. The molecule has 1 N–H and O–H groups in total. The van der Waals surface area contributed by atoms with Crippen molar-refractivity contribution in [2.75, 3.05) is 0 Å². The molecular weight excluding hydrogens is 354 g/mol. The van der Waals surface area contributed by atoms with Crippen LogP contribution in [0.3, 0.4) is 0 Å². The van der Waals surface area contributed by atoms with E-state index in [1.54, 1.807) is 0 Å². The molecule has 0 aromatic heterocycles. The molecule has 0 saturated heterocycles. The highest BCUT2D eigenvalue weighted by Gasteiger charge is 2.09. The van der Waals surface area contributed by atoms with Gasteiger partial charge in [0.2, 0.25) is 0 Å². The van der Waals surface area contributed by atoms with Gasteiger partial charge in [0, 0.05) is 23.3 Å². The molecule has 3 aromatic rings. The van der Waals surface area contributed by atoms with E-state index in [0.29, 0.717) is 5.71 Å². The summed E-state index contributed by atoms with van der Waals surface area (Å²) < 4.78 is 0. The van der Waals surface area contributed by atoms with E-state index in [2.05, 4.69) is 10.5 Å². The van der Waals surface area contributed by atoms with E-state index in [0.717, 1.165) is 11.1 Å². The molecule has 0 heterocycles. The molecule has 28 heavy (non-hydrogen) atoms. The Kier molecular flexibility index (Phi) is 6.05. The number of nitro groups is 1. The summed E-state index contributed by atoms with van der Waals surface area (Å²) >= 11 is 0. The van der Waals surface area contributed by atoms with Gasteiger partial charge in [-0.25, -0.2) is 5.43 Å². The zero-order chi connectivity index (χ0) is 19.8. The molecule has 0 radical (unpaired) electrons. The van der Waals surface area contributed by atoms with Crippen LogP contribution >= 0.6 is 0 Å². The number of allylic oxidation sites excluding steroid dienone is 1. The van der Waals surface area contributed by atoms with Gasteiger partial charge in [0.25, 0.3) is 11.6 Å². The summed E-state index contributed by atoms with van der Waals surface area (Å²) in [7, 11) is 0. The molecule has 138 valence electrons. The third-order valence-electron chi connectivity index (χ3n) is 3.92. The minimum atomic E-state index is -0.512. The summed E-state index contributed by atoms with van der Waals surface area (Å²) in [6.45, 7) is 0. The van der Waals surface area contributed by atoms with E-state index >= 15 is 0 Å². The van der Waals surface area contributed by atoms with Gasteiger partial charge in [0.15, 0.2) is 0 Å². The topological polar surface area (TPSA) is 84.6 Å². The number of hydrazone groups is 1. The monoisotopic (exact) mass is 371 g/mol. The zero-order valence-electron chi connectivity index (χ0n) is 14.9. The predicted octanol–water partition coefficient (Wildman–Crippen LogP) is 4.44. The van der Waals surface area contributed by atoms with Gasteiger partial charge in [-0.1, -0.05) is 66.7 Å². The Bertz CT molecular complexity index is 1010. The number of carbonyl (C=O) groups is 1. The lowest BCUT2D eigenvalue weighted by Crippen LogP contribution is -2.19. The fourth-order valence-electron chi connectivity index (χ4n) is 2.46. The number of nitrogens with zero attached hydrogens (tertiary/aromatic N) is 2. The minimum Gasteiger partial charge on any atom is -0.267 e. The molecule has 0 unspecified atom stereocenters. The van der Waals surface area contributed by atoms with Crippen LogP contribution in [-0.2, 0) is 0 Å². The first-order chi connectivity index (χ1) is 13.6. The number of nitro benzene ring substituents is 1. The Labute approximate surface area is 162 Å². The van der Waals surface area contributed by atoms with Crippen LogP contribution in [0.1, 0.15) is 21.5 Å². The van der Waals surface area contributed by atoms with E-state index in [1.165, 1.54) is 24.3 Å². The fourth-order valence-corrected chi connectivity index (χ4v) is 2.46. The van der Waals surface area contributed by atoms with Crippen LogP contribution in [0.5, 0.6) is 0 Å². The molecule has 1 amide bonds. The molecule has 0 atom stereocenters. The molecule has 0 aliphatic heterocycles. The molecule has 0 aliphatic carbocycles. The van der Waals surface area contributed by atoms with Crippen molar-refractivity contribution in [3.05, 3.63) is 118 Å². The van der Waals surface area contributed by atoms with E-state index < -0.39 is 10.8 Å². The first-order valence-electron chi connectivity index (χ1n) is 8.54. The number of benzene rings is 3. The Morgan fingerprint density at radius 1 is 0.857 bits per heavy atom. The largest absolute Gasteiger partial charge is 0.271 e. The normalized spacial score (nSPS) is 11.4. The highest BCUT2D eigenvalue weighted by Crippen LogP contribution is 2.12. The average molecular weight is 371 g/mol. The van der Waals surface area contributed by atoms with Crippen molar-refractivity contribution in [2.45, 2.75) is 0 Å². The number of hydrogen-bond acceptors (Lipinski definition) is 4. The lowest BCUT2D eigenvalue weighted by Gasteiger charge is -2.04. The highest BCUT2D eigenvalue weighted by atomic mass is 16.6. The minimum absolute atomic E-state index is 0.0733. The lowest BCUT2D eigenvalue weighted by molar-refractivity contribution is -0.384. The van der Waals surface area contributed by atoms with Gasteiger partial charge in [-0.05, 0) is 23.8 Å². The number of carbonyl (C=O) groups excluding carboxylic acids is 1. The van der Waals surface area contributed by atoms with E-state index in [4.69, 9.17) is 0 Å². The van der Waals surface area contributed by atoms with E-state index in [9.17, 15) is 14.9 Å². The molecule has 0 saturated carbocycles. The maximum atomic E-state index is 12.3. The summed E-state index contributed by atoms with van der Waals surface area (Å²) in [5.74, 6) is -0.448. The van der Waals surface area contributed by atoms with Crippen LogP contribution in [0.4, 0.5) is 5.69 Å². The molecule has 0 fully saturated rings. The molecule has 0 aliphatic rings. The smallest absolute Gasteiger partial charge is 0.267 e. The second kappa shape index (κ2) is 9.05. The number of hydrogen-bond donors (Lipinski definition) is 1. The van der Waals surface area contributed by atoms with Gasteiger partial charge in [0.1, 0.15) is 0 Å². The second-order valence-corrected chi connectivity index (χ2v) is 5.85. The van der Waals surface area contributed by atoms with Gasteiger partial charge in [-0.2, -0.15) is 5.10 Å². The van der Waals surface area contributed by atoms with Gasteiger partial charge >= 0.3 is 0 Å². The zero-order valence-corrected chi connectivity index (χ0v) is 14.9. The van der Waals surface area contributed by atoms with Crippen molar-refractivity contribution in [2.24, 2.45) is 5.10 Å². The molecule has 6 heteroatoms. The van der Waals surface area contributed by atoms with Crippen LogP contribution < -0.4 is 5.43 Å². The standard InChI is InChI=1S/C22H17N3O3/c26-22(19-12-14-20(15-13-19)25(27)28)24-23-21(18-9-5-2-6-10-18)16-11-17-7-3-1-4-8-17/h1-16H,(H,24,26)/b16-11+,23-21-. The van der Waals surface area contributed by atoms with E-state index in [1.807, 2.05) is 72.8 Å². The molecule has 3 rings (SSSR count). The van der Waals surface area contributed by atoms with Crippen LogP contribution in [0, 0.1) is 10.1 Å². The molecule has 6 nitrogen and oxygen atoms in total. The summed E-state index contributed by atoms with van der Waals surface area (Å²) in [5.41, 5.74) is 5.16. The lowest BCUT2D eigenvalue weighted by atomic mass is 10.1. The molecule has 0 spiro atoms. The highest BCUT2D eigenvalue weighted by molar-refractivity contribution is 6.11. The number of non-ortho nitro benzene ring substituents is 1. The summed E-state index contributed by atoms with van der Waals surface area (Å²) in [6, 6.07) is 24.6. The van der Waals surface area contributed by atoms with Crippen molar-refractivity contribution in [1.29, 1.82) is 0 Å². The number of nitrogens with one attached hydrogen (secondary N) is 1. The number of amides is 1. The Morgan fingerprint density at radius 3 is 2.07 bits per heavy atom. The summed E-state index contributed by atoms with van der Waals surface area (Å²) in [6.07, 6.45) is 3.73. The van der Waals surface area contributed by atoms with Crippen molar-refractivity contribution in [3.63, 3.8) is 0 Å². The molecular formula is C22H17N3O3. The van der Waals surface area contributed by atoms with E-state index in [-0.39, 0.29) is 11.3 Å². The van der Waals surface area contributed by atoms with Crippen LogP contribution in [0.15, 0.2) is 96.1 Å². The van der Waals surface area contributed by atoms with Crippen molar-refractivity contribution in [1.82, 2.24) is 5.43 Å². The first-order valence-corrected chi connectivity index (χ1v) is 8.54. The first kappa shape index (κ1) is 18.7. The second-order valence-electron chi connectivity index (χ2n) is 5.85. The van der Waals surface area contributed by atoms with Gasteiger partial charge in [0.05, 0.1) is 10.6 Å². The Hall–Kier alpha value is -4.06. The molecule has 3 aromatic carbocycles. The quantitative estimate of drug-likeness (QED) is 0.395. The third kappa shape index (κ3) is 4.98. The van der Waals surface area contributed by atoms with Crippen LogP contribution in [0.25, 0.3) is 6.08 Å². The fraction of sp³-hybridized carbons (Fsp3) is 0. The maximum Gasteiger partial charge on any atom is 0.271 e. The maximum absolute atomic E-state index is 12.3. The predicted molar refractivity (Wildman–Crippen MR) is 109 cm³/mol. The summed E-state index contributed by atoms with van der Waals surface area (Å²) in [5, 5.41) is 15.0. The van der Waals surface area contributed by atoms with Crippen molar-refractivity contribution in [3.8, 4) is 0 Å². The number of rotatable bonds is 6. The van der Waals surface area contributed by atoms with Crippen molar-refractivity contribution < 1.29 is 9.72 Å². The van der Waals surface area contributed by atoms with Gasteiger partial charge in [-0.15, -0.1) is 0 Å². The van der Waals surface area contributed by atoms with Crippen LogP contribution in [0.2, 0.25) is 0 Å². The van der Waals surface area contributed by atoms with Gasteiger partial charge in [-0.3, -0.25) is 14.9 Å². The van der Waals surface area contributed by atoms with Gasteiger partial charge < -0.3 is 0 Å². The average Bonchev–Trinajstić information content (AvgIpc) is 2.75.